The molecule has 0 aromatic heterocycles. The lowest BCUT2D eigenvalue weighted by Gasteiger charge is -2.28. The van der Waals surface area contributed by atoms with E-state index in [9.17, 15) is 4.79 Å². The molecule has 0 saturated carbocycles. The predicted molar refractivity (Wildman–Crippen MR) is 106 cm³/mol. The molecule has 0 aromatic carbocycles. The Labute approximate surface area is 155 Å². The van der Waals surface area contributed by atoms with Gasteiger partial charge in [-0.05, 0) is 33.1 Å². The fraction of sp³-hybridized carbons (Fsp3) is 0.944. The van der Waals surface area contributed by atoms with Crippen LogP contribution in [-0.2, 0) is 18.1 Å². The molecule has 0 bridgehead atoms. The van der Waals surface area contributed by atoms with Crippen LogP contribution < -0.4 is 0 Å². The van der Waals surface area contributed by atoms with E-state index in [0.717, 1.165) is 18.9 Å². The first-order valence-corrected chi connectivity index (χ1v) is 12.0. The normalized spacial score (nSPS) is 13.2. The average Bonchev–Trinajstić information content (AvgIpc) is 2.50. The number of unbranched alkanes of at least 4 members (excludes halogenated alkanes) is 5. The largest absolute Gasteiger partial charge is 0.500 e. The third-order valence-corrected chi connectivity index (χ3v) is 7.38. The topological polar surface area (TPSA) is 44.8 Å². The highest BCUT2D eigenvalue weighted by Crippen LogP contribution is 2.21. The van der Waals surface area contributed by atoms with Crippen LogP contribution in [0.25, 0.3) is 0 Å². The number of rotatable bonds is 17. The van der Waals surface area contributed by atoms with E-state index in [-0.39, 0.29) is 5.12 Å². The van der Waals surface area contributed by atoms with Gasteiger partial charge in [-0.1, -0.05) is 45.4 Å². The molecular formula is C18H38O4SSi. The Balaban J connectivity index is 3.79. The summed E-state index contributed by atoms with van der Waals surface area (Å²) in [5, 5.41) is 0.00745. The van der Waals surface area contributed by atoms with E-state index in [1.807, 2.05) is 20.8 Å². The van der Waals surface area contributed by atoms with Crippen LogP contribution in [0.3, 0.4) is 0 Å². The second kappa shape index (κ2) is 15.4. The predicted octanol–water partition coefficient (Wildman–Crippen LogP) is 5.25. The molecule has 0 rings (SSSR count). The molecule has 0 N–H and O–H groups in total. The third-order valence-electron chi connectivity index (χ3n) is 4.05. The minimum Gasteiger partial charge on any atom is -0.374 e. The first kappa shape index (κ1) is 24.1. The van der Waals surface area contributed by atoms with Gasteiger partial charge in [0.25, 0.3) is 0 Å². The lowest BCUT2D eigenvalue weighted by molar-refractivity contribution is -0.111. The minimum atomic E-state index is -2.44. The zero-order valence-electron chi connectivity index (χ0n) is 16.1. The minimum absolute atomic E-state index is 0.00745. The Morgan fingerprint density at radius 2 is 1.33 bits per heavy atom. The van der Waals surface area contributed by atoms with Crippen LogP contribution in [0.15, 0.2) is 0 Å². The Bertz CT molecular complexity index is 298. The molecule has 0 aromatic rings. The van der Waals surface area contributed by atoms with Crippen molar-refractivity contribution in [3.05, 3.63) is 0 Å². The van der Waals surface area contributed by atoms with Crippen LogP contribution in [0, 0.1) is 5.92 Å². The zero-order valence-corrected chi connectivity index (χ0v) is 18.0. The van der Waals surface area contributed by atoms with Crippen molar-refractivity contribution in [2.24, 2.45) is 5.92 Å². The Morgan fingerprint density at radius 3 is 1.79 bits per heavy atom. The first-order valence-electron chi connectivity index (χ1n) is 9.63. The van der Waals surface area contributed by atoms with Crippen molar-refractivity contribution in [1.29, 1.82) is 0 Å². The van der Waals surface area contributed by atoms with Crippen LogP contribution >= 0.6 is 12.6 Å². The monoisotopic (exact) mass is 378 g/mol. The van der Waals surface area contributed by atoms with E-state index >= 15 is 0 Å². The number of hydrogen-bond donors (Lipinski definition) is 1. The van der Waals surface area contributed by atoms with E-state index in [4.69, 9.17) is 13.3 Å². The van der Waals surface area contributed by atoms with Gasteiger partial charge in [-0.3, -0.25) is 4.79 Å². The Hall–Kier alpha value is 0.117. The smallest absolute Gasteiger partial charge is 0.374 e. The summed E-state index contributed by atoms with van der Waals surface area (Å²) in [5.41, 5.74) is 0. The van der Waals surface area contributed by atoms with Gasteiger partial charge < -0.3 is 13.3 Å². The summed E-state index contributed by atoms with van der Waals surface area (Å²) >= 11 is 3.84. The van der Waals surface area contributed by atoms with E-state index in [1.54, 1.807) is 0 Å². The third kappa shape index (κ3) is 12.5. The molecule has 0 aliphatic heterocycles. The summed E-state index contributed by atoms with van der Waals surface area (Å²) in [4.78, 5) is 10.9. The molecule has 0 heterocycles. The Morgan fingerprint density at radius 1 is 0.875 bits per heavy atom. The molecule has 6 heteroatoms. The van der Waals surface area contributed by atoms with Crippen molar-refractivity contribution in [2.75, 3.05) is 19.8 Å². The molecule has 0 aliphatic carbocycles. The van der Waals surface area contributed by atoms with Crippen LogP contribution in [0.1, 0.15) is 79.1 Å². The second-order valence-corrected chi connectivity index (χ2v) is 9.58. The molecule has 1 unspecified atom stereocenters. The van der Waals surface area contributed by atoms with Crippen LogP contribution in [0.4, 0.5) is 0 Å². The van der Waals surface area contributed by atoms with Gasteiger partial charge in [0.05, 0.1) is 0 Å². The summed E-state index contributed by atoms with van der Waals surface area (Å²) in [6, 6.07) is 0.920. The van der Waals surface area contributed by atoms with E-state index in [2.05, 4.69) is 19.6 Å². The second-order valence-electron chi connectivity index (χ2n) is 6.35. The standard InChI is InChI=1S/C18H38O4SSi/c1-5-20-24(21-6-2,22-7-3)15-13-11-9-8-10-12-14-17(4)16-18(19)23/h17H,5-16H2,1-4H3,(H,19,23). The fourth-order valence-electron chi connectivity index (χ4n) is 2.94. The SMILES string of the molecule is CCO[Si](CCCCCCCCC(C)CC(=O)S)(OCC)OCC. The number of thiol groups is 1. The first-order chi connectivity index (χ1) is 11.5. The molecule has 4 nitrogen and oxygen atoms in total. The van der Waals surface area contributed by atoms with Crippen molar-refractivity contribution in [2.45, 2.75) is 85.1 Å². The lowest BCUT2D eigenvalue weighted by Crippen LogP contribution is -2.45. The molecule has 0 amide bonds. The van der Waals surface area contributed by atoms with Gasteiger partial charge in [-0.2, -0.15) is 0 Å². The quantitative estimate of drug-likeness (QED) is 0.213. The fourth-order valence-corrected chi connectivity index (χ4v) is 5.94. The van der Waals surface area contributed by atoms with Gasteiger partial charge in [0, 0.05) is 32.3 Å². The van der Waals surface area contributed by atoms with Crippen LogP contribution in [0.5, 0.6) is 0 Å². The van der Waals surface area contributed by atoms with E-state index in [0.29, 0.717) is 32.2 Å². The zero-order chi connectivity index (χ0) is 18.3. The number of carbonyl (C=O) groups is 1. The van der Waals surface area contributed by atoms with Crippen molar-refractivity contribution >= 4 is 26.5 Å². The Kier molecular flexibility index (Phi) is 15.5. The van der Waals surface area contributed by atoms with Crippen molar-refractivity contribution in [3.63, 3.8) is 0 Å². The molecular weight excluding hydrogens is 340 g/mol. The summed E-state index contributed by atoms with van der Waals surface area (Å²) in [6.07, 6.45) is 8.99. The van der Waals surface area contributed by atoms with Gasteiger partial charge >= 0.3 is 8.80 Å². The highest BCUT2D eigenvalue weighted by Gasteiger charge is 2.39. The molecule has 0 fully saturated rings. The maximum absolute atomic E-state index is 10.9. The maximum atomic E-state index is 10.9. The summed E-state index contributed by atoms with van der Waals surface area (Å²) < 4.78 is 17.6. The number of carbonyl (C=O) groups excluding carboxylic acids is 1. The molecule has 0 spiro atoms. The summed E-state index contributed by atoms with van der Waals surface area (Å²) in [5.74, 6) is 0.463. The van der Waals surface area contributed by atoms with Gasteiger partial charge in [0.1, 0.15) is 0 Å². The molecule has 144 valence electrons. The average molecular weight is 379 g/mol. The van der Waals surface area contributed by atoms with Crippen molar-refractivity contribution < 1.29 is 18.1 Å². The molecule has 0 aliphatic rings. The highest BCUT2D eigenvalue weighted by molar-refractivity contribution is 7.96. The lowest BCUT2D eigenvalue weighted by atomic mass is 9.99. The van der Waals surface area contributed by atoms with Crippen molar-refractivity contribution in [3.8, 4) is 0 Å². The van der Waals surface area contributed by atoms with Gasteiger partial charge in [0.2, 0.25) is 0 Å². The highest BCUT2D eigenvalue weighted by atomic mass is 32.1. The van der Waals surface area contributed by atoms with Gasteiger partial charge in [0.15, 0.2) is 5.12 Å². The number of hydrogen-bond acceptors (Lipinski definition) is 4. The van der Waals surface area contributed by atoms with Gasteiger partial charge in [-0.15, -0.1) is 12.6 Å². The molecule has 24 heavy (non-hydrogen) atoms. The van der Waals surface area contributed by atoms with Crippen molar-refractivity contribution in [1.82, 2.24) is 0 Å². The molecule has 0 saturated heterocycles. The van der Waals surface area contributed by atoms with Gasteiger partial charge in [-0.25, -0.2) is 0 Å². The molecule has 1 atom stereocenters. The van der Waals surface area contributed by atoms with E-state index in [1.165, 1.54) is 32.1 Å². The van der Waals surface area contributed by atoms with E-state index < -0.39 is 8.80 Å². The van der Waals surface area contributed by atoms with Crippen LogP contribution in [-0.4, -0.2) is 33.7 Å². The maximum Gasteiger partial charge on any atom is 0.500 e. The molecule has 0 radical (unpaired) electrons. The summed E-state index contributed by atoms with van der Waals surface area (Å²) in [7, 11) is -2.44. The van der Waals surface area contributed by atoms with Crippen LogP contribution in [0.2, 0.25) is 6.04 Å². The summed E-state index contributed by atoms with van der Waals surface area (Å²) in [6.45, 7) is 10.1.